The van der Waals surface area contributed by atoms with Gasteiger partial charge >= 0.3 is 0 Å². The first-order chi connectivity index (χ1) is 31.1. The fourth-order valence-electron chi connectivity index (χ4n) is 9.93. The molecule has 2 saturated heterocycles. The van der Waals surface area contributed by atoms with Gasteiger partial charge in [-0.25, -0.2) is 26.0 Å². The molecular formula is C49H58N6O8S2. The Labute approximate surface area is 380 Å². The molecule has 0 atom stereocenters. The van der Waals surface area contributed by atoms with Crippen LogP contribution in [0.1, 0.15) is 32.1 Å². The monoisotopic (exact) mass is 922 g/mol. The third-order valence-electron chi connectivity index (χ3n) is 13.1. The van der Waals surface area contributed by atoms with Gasteiger partial charge in [0, 0.05) is 81.2 Å². The number of piperidine rings is 2. The van der Waals surface area contributed by atoms with E-state index in [4.69, 9.17) is 35.4 Å². The van der Waals surface area contributed by atoms with Crippen LogP contribution >= 0.6 is 0 Å². The fraction of sp³-hybridized carbons (Fsp3) is 0.388. The highest BCUT2D eigenvalue weighted by molar-refractivity contribution is 7.85. The highest BCUT2D eigenvalue weighted by atomic mass is 32.2. The van der Waals surface area contributed by atoms with E-state index >= 15 is 0 Å². The van der Waals surface area contributed by atoms with Crippen molar-refractivity contribution in [3.63, 3.8) is 0 Å². The number of aryl methyl sites for hydroxylation is 1. The Kier molecular flexibility index (Phi) is 13.9. The van der Waals surface area contributed by atoms with Gasteiger partial charge in [0.1, 0.15) is 18.0 Å². The summed E-state index contributed by atoms with van der Waals surface area (Å²) in [5.41, 5.74) is 4.66. The molecule has 2 aliphatic heterocycles. The second-order valence-electron chi connectivity index (χ2n) is 17.5. The predicted octanol–water partition coefficient (Wildman–Crippen LogP) is 6.69. The van der Waals surface area contributed by atoms with Crippen molar-refractivity contribution in [3.05, 3.63) is 97.6 Å². The SMILES string of the molecule is COc1ccc2[nH]c3ccc4cc[n+](CCCN5CCC(C6CCN(CC[n+]7ccc8ccc9[nH]c%10ccc(OC)cc%10c9c8c7)CC6)CC5)cc4c3c2c1.CS(=O)(=O)[O-].CS(=O)(=O)[O-]. The first-order valence-corrected chi connectivity index (χ1v) is 25.8. The van der Waals surface area contributed by atoms with E-state index in [1.165, 1.54) is 119 Å². The molecule has 4 aromatic carbocycles. The van der Waals surface area contributed by atoms with Gasteiger partial charge in [-0.1, -0.05) is 12.1 Å². The number of ether oxygens (including phenoxy) is 2. The van der Waals surface area contributed by atoms with Gasteiger partial charge in [-0.3, -0.25) is 4.90 Å². The van der Waals surface area contributed by atoms with Crippen LogP contribution in [0.3, 0.4) is 0 Å². The first-order valence-electron chi connectivity index (χ1n) is 22.2. The summed E-state index contributed by atoms with van der Waals surface area (Å²) < 4.78 is 70.4. The number of aromatic amines is 2. The molecule has 0 radical (unpaired) electrons. The lowest BCUT2D eigenvalue weighted by molar-refractivity contribution is -0.696. The molecule has 4 aromatic heterocycles. The van der Waals surface area contributed by atoms with Crippen LogP contribution in [0.2, 0.25) is 0 Å². The van der Waals surface area contributed by atoms with E-state index in [0.717, 1.165) is 54.0 Å². The molecule has 8 aromatic rings. The lowest BCUT2D eigenvalue weighted by Gasteiger charge is -2.40. The number of likely N-dealkylation sites (tertiary alicyclic amines) is 2. The number of fused-ring (bicyclic) bond motifs is 10. The van der Waals surface area contributed by atoms with E-state index in [1.54, 1.807) is 14.2 Å². The minimum Gasteiger partial charge on any atom is -0.748 e. The molecule has 2 fully saturated rings. The highest BCUT2D eigenvalue weighted by Crippen LogP contribution is 2.36. The number of H-pyrrole nitrogens is 2. The molecule has 0 aliphatic carbocycles. The zero-order valence-corrected chi connectivity index (χ0v) is 39.1. The third-order valence-corrected chi connectivity index (χ3v) is 13.1. The average molecular weight is 923 g/mol. The van der Waals surface area contributed by atoms with Crippen LogP contribution in [0.25, 0.3) is 65.2 Å². The molecule has 6 heterocycles. The van der Waals surface area contributed by atoms with Crippen molar-refractivity contribution in [1.29, 1.82) is 0 Å². The maximum atomic E-state index is 9.08. The molecule has 14 nitrogen and oxygen atoms in total. The number of hydrogen-bond acceptors (Lipinski definition) is 10. The Balaban J connectivity index is 0.000000523. The zero-order chi connectivity index (χ0) is 45.9. The van der Waals surface area contributed by atoms with E-state index in [1.807, 2.05) is 12.1 Å². The number of pyridine rings is 2. The van der Waals surface area contributed by atoms with Crippen molar-refractivity contribution in [2.75, 3.05) is 66.0 Å². The van der Waals surface area contributed by atoms with Crippen molar-refractivity contribution in [2.24, 2.45) is 11.8 Å². The zero-order valence-electron chi connectivity index (χ0n) is 37.5. The van der Waals surface area contributed by atoms with E-state index in [9.17, 15) is 0 Å². The fourth-order valence-corrected chi connectivity index (χ4v) is 9.93. The van der Waals surface area contributed by atoms with E-state index in [-0.39, 0.29) is 0 Å². The van der Waals surface area contributed by atoms with E-state index in [2.05, 4.69) is 114 Å². The van der Waals surface area contributed by atoms with Gasteiger partial charge in [0.2, 0.25) is 0 Å². The maximum absolute atomic E-state index is 9.08. The van der Waals surface area contributed by atoms with Crippen LogP contribution in [0.4, 0.5) is 0 Å². The number of aromatic nitrogens is 4. The summed E-state index contributed by atoms with van der Waals surface area (Å²) in [4.78, 5) is 12.6. The van der Waals surface area contributed by atoms with Crippen LogP contribution in [0.5, 0.6) is 11.5 Å². The van der Waals surface area contributed by atoms with Gasteiger partial charge in [-0.05, 0) is 123 Å². The smallest absolute Gasteiger partial charge is 0.177 e. The summed E-state index contributed by atoms with van der Waals surface area (Å²) in [6, 6.07) is 26.0. The molecule has 0 unspecified atom stereocenters. The highest BCUT2D eigenvalue weighted by Gasteiger charge is 2.30. The minimum atomic E-state index is -3.92. The molecule has 65 heavy (non-hydrogen) atoms. The average Bonchev–Trinajstić information content (AvgIpc) is 3.85. The third kappa shape index (κ3) is 11.5. The van der Waals surface area contributed by atoms with Crippen molar-refractivity contribution in [3.8, 4) is 11.5 Å². The summed E-state index contributed by atoms with van der Waals surface area (Å²) in [6.45, 7) is 9.30. The Bertz CT molecular complexity index is 3140. The number of hydrogen-bond donors (Lipinski definition) is 2. The van der Waals surface area contributed by atoms with Gasteiger partial charge in [0.25, 0.3) is 0 Å². The number of benzene rings is 4. The molecule has 2 aliphatic rings. The van der Waals surface area contributed by atoms with E-state index < -0.39 is 20.2 Å². The van der Waals surface area contributed by atoms with Gasteiger partial charge in [-0.15, -0.1) is 0 Å². The first kappa shape index (κ1) is 46.2. The quantitative estimate of drug-likeness (QED) is 0.111. The molecular weight excluding hydrogens is 865 g/mol. The van der Waals surface area contributed by atoms with Gasteiger partial charge < -0.3 is 33.4 Å². The lowest BCUT2D eigenvalue weighted by atomic mass is 9.79. The largest absolute Gasteiger partial charge is 0.748 e. The van der Waals surface area contributed by atoms with Crippen molar-refractivity contribution in [1.82, 2.24) is 19.8 Å². The molecule has 2 N–H and O–H groups in total. The minimum absolute atomic E-state index is 0.604. The Morgan fingerprint density at radius 1 is 0.569 bits per heavy atom. The number of nitrogens with zero attached hydrogens (tertiary/aromatic N) is 4. The molecule has 344 valence electrons. The summed E-state index contributed by atoms with van der Waals surface area (Å²) in [6.07, 6.45) is 17.0. The molecule has 0 saturated carbocycles. The number of rotatable bonds is 10. The van der Waals surface area contributed by atoms with Crippen LogP contribution < -0.4 is 18.6 Å². The van der Waals surface area contributed by atoms with Crippen molar-refractivity contribution >= 4 is 85.4 Å². The Hall–Kier alpha value is -5.36. The summed E-state index contributed by atoms with van der Waals surface area (Å²) in [7, 11) is -4.36. The van der Waals surface area contributed by atoms with Gasteiger partial charge in [0.15, 0.2) is 31.3 Å². The van der Waals surface area contributed by atoms with Crippen molar-refractivity contribution < 1.29 is 44.5 Å². The van der Waals surface area contributed by atoms with Crippen LogP contribution in [0, 0.1) is 11.8 Å². The van der Waals surface area contributed by atoms with Gasteiger partial charge in [0.05, 0.1) is 51.8 Å². The second kappa shape index (κ2) is 19.6. The van der Waals surface area contributed by atoms with E-state index in [0.29, 0.717) is 12.5 Å². The van der Waals surface area contributed by atoms with Crippen LogP contribution in [0.15, 0.2) is 97.6 Å². The van der Waals surface area contributed by atoms with Crippen LogP contribution in [-0.2, 0) is 33.3 Å². The number of methoxy groups -OCH3 is 2. The van der Waals surface area contributed by atoms with Gasteiger partial charge in [-0.2, -0.15) is 0 Å². The Morgan fingerprint density at radius 2 is 0.969 bits per heavy atom. The molecule has 16 heteroatoms. The maximum Gasteiger partial charge on any atom is 0.177 e. The molecule has 0 spiro atoms. The Morgan fingerprint density at radius 3 is 1.40 bits per heavy atom. The number of nitrogens with one attached hydrogen (secondary N) is 2. The molecule has 0 amide bonds. The second-order valence-corrected chi connectivity index (χ2v) is 20.4. The predicted molar refractivity (Wildman–Crippen MR) is 254 cm³/mol. The molecule has 10 rings (SSSR count). The standard InChI is InChI=1S/C47H50N6O2.2CH4O3S/c1-54-36-6-10-42-38(28-36)46-40-30-52(24-16-34(40)4-8-44(46)48-42)19-3-18-50-20-12-32(13-21-50)33-14-22-51(23-15-33)26-27-53-25-17-35-5-9-45-47(41(35)31-53)39-29-37(55-2)7-11-43(39)49-45;2*1-5(2,3)4/h4-11,16-17,24-25,28-33H,3,12-15,18-23,26-27H2,1-2H3;2*1H3,(H,2,3,4). The lowest BCUT2D eigenvalue weighted by Crippen LogP contribution is -2.45. The van der Waals surface area contributed by atoms with Crippen molar-refractivity contribution in [2.45, 2.75) is 45.2 Å². The normalized spacial score (nSPS) is 16.0. The molecule has 0 bridgehead atoms. The van der Waals surface area contributed by atoms with Crippen LogP contribution in [-0.4, -0.2) is 112 Å². The summed E-state index contributed by atoms with van der Waals surface area (Å²) in [5, 5.41) is 10.2. The summed E-state index contributed by atoms with van der Waals surface area (Å²) in [5.74, 6) is 3.56. The summed E-state index contributed by atoms with van der Waals surface area (Å²) >= 11 is 0. The topological polar surface area (TPSA) is 179 Å².